The highest BCUT2D eigenvalue weighted by molar-refractivity contribution is 6.15. The van der Waals surface area contributed by atoms with Crippen molar-refractivity contribution >= 4 is 17.7 Å². The summed E-state index contributed by atoms with van der Waals surface area (Å²) in [5, 5.41) is 0. The molecule has 0 aliphatic carbocycles. The lowest BCUT2D eigenvalue weighted by molar-refractivity contribution is -0.134. The summed E-state index contributed by atoms with van der Waals surface area (Å²) < 4.78 is 18.6. The number of ether oxygens (including phenoxy) is 1. The number of carbonyl (C=O) groups excluding carboxylic acids is 1. The molecule has 1 aromatic carbocycles. The summed E-state index contributed by atoms with van der Waals surface area (Å²) in [6, 6.07) is 8.63. The first-order valence-corrected chi connectivity index (χ1v) is 5.90. The second-order valence-corrected chi connectivity index (χ2v) is 4.04. The molecule has 0 fully saturated rings. The van der Waals surface area contributed by atoms with Crippen LogP contribution in [-0.4, -0.2) is 22.6 Å². The number of nitrogens with one attached hydrogen (secondary N) is 1. The summed E-state index contributed by atoms with van der Waals surface area (Å²) in [4.78, 5) is 36.4. The van der Waals surface area contributed by atoms with Crippen LogP contribution in [0.2, 0.25) is 0 Å². The molecule has 0 amide bonds. The molecule has 21 heavy (non-hydrogen) atoms. The molecule has 0 aliphatic heterocycles. The molecule has 108 valence electrons. The molecule has 0 bridgehead atoms. The fourth-order valence-electron chi connectivity index (χ4n) is 1.67. The number of benzene rings is 1. The molecule has 2 aromatic rings. The molecule has 0 unspecified atom stereocenters. The van der Waals surface area contributed by atoms with Gasteiger partial charge in [-0.05, 0) is 11.6 Å². The molecule has 7 heteroatoms. The van der Waals surface area contributed by atoms with E-state index in [1.165, 1.54) is 6.08 Å². The van der Waals surface area contributed by atoms with Crippen molar-refractivity contribution in [3.05, 3.63) is 68.7 Å². The smallest absolute Gasteiger partial charge is 0.355 e. The Bertz CT molecular complexity index is 806. The number of rotatable bonds is 3. The van der Waals surface area contributed by atoms with E-state index in [-0.39, 0.29) is 5.70 Å². The van der Waals surface area contributed by atoms with E-state index in [4.69, 9.17) is 0 Å². The number of halogens is 1. The number of methoxy groups -OCH3 is 1. The number of hydrogen-bond acceptors (Lipinski definition) is 4. The zero-order chi connectivity index (χ0) is 15.4. The van der Waals surface area contributed by atoms with Gasteiger partial charge in [-0.3, -0.25) is 14.3 Å². The second kappa shape index (κ2) is 6.00. The summed E-state index contributed by atoms with van der Waals surface area (Å²) in [6.07, 6.45) is 2.00. The molecule has 6 nitrogen and oxygen atoms in total. The van der Waals surface area contributed by atoms with Gasteiger partial charge in [-0.25, -0.2) is 9.59 Å². The Morgan fingerprint density at radius 1 is 1.29 bits per heavy atom. The molecular formula is C14H11FN2O4. The molecule has 0 radical (unpaired) electrons. The number of carbonyl (C=O) groups is 1. The number of nitrogens with zero attached hydrogens (tertiary/aromatic N) is 1. The summed E-state index contributed by atoms with van der Waals surface area (Å²) in [7, 11) is 1.13. The summed E-state index contributed by atoms with van der Waals surface area (Å²) in [5.74, 6) is -2.02. The van der Waals surface area contributed by atoms with Gasteiger partial charge >= 0.3 is 11.7 Å². The van der Waals surface area contributed by atoms with Crippen LogP contribution in [0.25, 0.3) is 11.8 Å². The maximum atomic E-state index is 13.3. The lowest BCUT2D eigenvalue weighted by Crippen LogP contribution is -2.32. The van der Waals surface area contributed by atoms with Crippen LogP contribution in [0.5, 0.6) is 0 Å². The third kappa shape index (κ3) is 3.14. The fraction of sp³-hybridized carbons (Fsp3) is 0.0714. The first kappa shape index (κ1) is 14.4. The van der Waals surface area contributed by atoms with Crippen LogP contribution in [0.4, 0.5) is 4.39 Å². The van der Waals surface area contributed by atoms with E-state index in [2.05, 4.69) is 4.74 Å². The van der Waals surface area contributed by atoms with E-state index in [1.54, 1.807) is 35.3 Å². The zero-order valence-electron chi connectivity index (χ0n) is 11.0. The summed E-state index contributed by atoms with van der Waals surface area (Å²) in [5.41, 5.74) is -1.70. The summed E-state index contributed by atoms with van der Waals surface area (Å²) in [6.45, 7) is 0. The van der Waals surface area contributed by atoms with Gasteiger partial charge in [-0.15, -0.1) is 0 Å². The van der Waals surface area contributed by atoms with Crippen molar-refractivity contribution in [3.8, 4) is 0 Å². The highest BCUT2D eigenvalue weighted by atomic mass is 19.1. The number of aromatic nitrogens is 2. The average molecular weight is 290 g/mol. The number of H-pyrrole nitrogens is 1. The van der Waals surface area contributed by atoms with Gasteiger partial charge < -0.3 is 4.74 Å². The number of esters is 1. The van der Waals surface area contributed by atoms with E-state index in [0.29, 0.717) is 16.3 Å². The topological polar surface area (TPSA) is 81.2 Å². The van der Waals surface area contributed by atoms with Crippen LogP contribution in [0, 0.1) is 5.82 Å². The Balaban J connectivity index is 2.65. The van der Waals surface area contributed by atoms with Crippen LogP contribution in [0.3, 0.4) is 0 Å². The molecule has 0 spiro atoms. The standard InChI is InChI=1S/C14H11FN2O4/c1-21-13(19)11(7-9-5-3-2-4-6-9)17-8-10(15)12(18)16-14(17)20/h2-8H,1H3,(H,16,18,20). The SMILES string of the molecule is COC(=O)C(=Cc1ccccc1)n1cc(F)c(=O)[nH]c1=O. The van der Waals surface area contributed by atoms with E-state index < -0.39 is 23.0 Å². The molecule has 0 saturated carbocycles. The molecular weight excluding hydrogens is 279 g/mol. The van der Waals surface area contributed by atoms with Gasteiger partial charge in [0.2, 0.25) is 5.82 Å². The Kier molecular flexibility index (Phi) is 4.13. The van der Waals surface area contributed by atoms with Gasteiger partial charge in [0.05, 0.1) is 13.3 Å². The van der Waals surface area contributed by atoms with E-state index in [9.17, 15) is 18.8 Å². The van der Waals surface area contributed by atoms with Crippen LogP contribution in [0.1, 0.15) is 5.56 Å². The Morgan fingerprint density at radius 2 is 1.95 bits per heavy atom. The first-order chi connectivity index (χ1) is 10.0. The predicted octanol–water partition coefficient (Wildman–Crippen LogP) is 0.847. The predicted molar refractivity (Wildman–Crippen MR) is 73.9 cm³/mol. The maximum Gasteiger partial charge on any atom is 0.355 e. The summed E-state index contributed by atoms with van der Waals surface area (Å²) >= 11 is 0. The van der Waals surface area contributed by atoms with Gasteiger partial charge in [0.25, 0.3) is 5.56 Å². The minimum atomic E-state index is -1.18. The lowest BCUT2D eigenvalue weighted by atomic mass is 10.2. The maximum absolute atomic E-state index is 13.3. The van der Waals surface area contributed by atoms with Crippen molar-refractivity contribution in [2.24, 2.45) is 0 Å². The van der Waals surface area contributed by atoms with Crippen molar-refractivity contribution in [1.29, 1.82) is 0 Å². The van der Waals surface area contributed by atoms with Crippen LogP contribution < -0.4 is 11.2 Å². The molecule has 0 atom stereocenters. The highest BCUT2D eigenvalue weighted by Crippen LogP contribution is 2.11. The van der Waals surface area contributed by atoms with E-state index in [0.717, 1.165) is 7.11 Å². The molecule has 0 aliphatic rings. The quantitative estimate of drug-likeness (QED) is 0.671. The van der Waals surface area contributed by atoms with Gasteiger partial charge in [0.15, 0.2) is 0 Å². The van der Waals surface area contributed by atoms with Crippen molar-refractivity contribution in [2.45, 2.75) is 0 Å². The molecule has 1 N–H and O–H groups in total. The largest absolute Gasteiger partial charge is 0.464 e. The molecule has 2 rings (SSSR count). The van der Waals surface area contributed by atoms with Crippen molar-refractivity contribution in [3.63, 3.8) is 0 Å². The van der Waals surface area contributed by atoms with Gasteiger partial charge in [-0.2, -0.15) is 4.39 Å². The fourth-order valence-corrected chi connectivity index (χ4v) is 1.67. The normalized spacial score (nSPS) is 11.2. The molecule has 0 saturated heterocycles. The van der Waals surface area contributed by atoms with Crippen LogP contribution >= 0.6 is 0 Å². The van der Waals surface area contributed by atoms with Crippen molar-refractivity contribution in [2.75, 3.05) is 7.11 Å². The van der Waals surface area contributed by atoms with Crippen LogP contribution in [0.15, 0.2) is 46.1 Å². The minimum absolute atomic E-state index is 0.219. The third-order valence-electron chi connectivity index (χ3n) is 2.66. The van der Waals surface area contributed by atoms with Gasteiger partial charge in [0, 0.05) is 0 Å². The lowest BCUT2D eigenvalue weighted by Gasteiger charge is -2.08. The van der Waals surface area contributed by atoms with Crippen molar-refractivity contribution < 1.29 is 13.9 Å². The monoisotopic (exact) mass is 290 g/mol. The second-order valence-electron chi connectivity index (χ2n) is 4.04. The van der Waals surface area contributed by atoms with Gasteiger partial charge in [-0.1, -0.05) is 30.3 Å². The van der Waals surface area contributed by atoms with E-state index in [1.807, 2.05) is 0 Å². The molecule has 1 heterocycles. The Morgan fingerprint density at radius 3 is 2.57 bits per heavy atom. The first-order valence-electron chi connectivity index (χ1n) is 5.90. The average Bonchev–Trinajstić information content (AvgIpc) is 2.49. The number of aromatic amines is 1. The zero-order valence-corrected chi connectivity index (χ0v) is 11.0. The Hall–Kier alpha value is -2.96. The third-order valence-corrected chi connectivity index (χ3v) is 2.66. The highest BCUT2D eigenvalue weighted by Gasteiger charge is 2.16. The van der Waals surface area contributed by atoms with E-state index >= 15 is 0 Å². The number of hydrogen-bond donors (Lipinski definition) is 1. The van der Waals surface area contributed by atoms with Crippen molar-refractivity contribution in [1.82, 2.24) is 9.55 Å². The van der Waals surface area contributed by atoms with Gasteiger partial charge in [0.1, 0.15) is 5.70 Å². The minimum Gasteiger partial charge on any atom is -0.464 e. The van der Waals surface area contributed by atoms with Crippen LogP contribution in [-0.2, 0) is 9.53 Å². The Labute approximate surface area is 118 Å². The molecule has 1 aromatic heterocycles.